The Morgan fingerprint density at radius 1 is 1.26 bits per heavy atom. The third-order valence-corrected chi connectivity index (χ3v) is 5.32. The molecule has 0 saturated carbocycles. The van der Waals surface area contributed by atoms with Crippen molar-refractivity contribution >= 4 is 46.0 Å². The van der Waals surface area contributed by atoms with Crippen molar-refractivity contribution in [1.29, 1.82) is 0 Å². The Bertz CT molecular complexity index is 1000. The van der Waals surface area contributed by atoms with Crippen LogP contribution >= 0.6 is 23.4 Å². The number of amides is 1. The van der Waals surface area contributed by atoms with E-state index in [1.54, 1.807) is 6.92 Å². The Kier molecular flexibility index (Phi) is 5.39. The SMILES string of the molecule is CC(Sc1nc2ccccc2n1C)C(=O)Nc1ccc(Cl)cc1C(F)(F)F. The average Bonchev–Trinajstić information content (AvgIpc) is 2.91. The van der Waals surface area contributed by atoms with Crippen LogP contribution in [0.5, 0.6) is 0 Å². The zero-order valence-corrected chi connectivity index (χ0v) is 15.9. The Morgan fingerprint density at radius 3 is 2.63 bits per heavy atom. The van der Waals surface area contributed by atoms with Gasteiger partial charge < -0.3 is 9.88 Å². The highest BCUT2D eigenvalue weighted by Crippen LogP contribution is 2.37. The van der Waals surface area contributed by atoms with Crippen molar-refractivity contribution in [3.05, 3.63) is 53.1 Å². The molecule has 2 aromatic carbocycles. The van der Waals surface area contributed by atoms with Gasteiger partial charge in [-0.15, -0.1) is 0 Å². The summed E-state index contributed by atoms with van der Waals surface area (Å²) in [7, 11) is 1.82. The number of hydrogen-bond acceptors (Lipinski definition) is 3. The Hall–Kier alpha value is -2.19. The molecule has 1 amide bonds. The van der Waals surface area contributed by atoms with Gasteiger partial charge in [-0.3, -0.25) is 4.79 Å². The second kappa shape index (κ2) is 7.44. The highest BCUT2D eigenvalue weighted by atomic mass is 35.5. The molecule has 0 bridgehead atoms. The minimum atomic E-state index is -4.62. The molecule has 0 saturated heterocycles. The Labute approximate surface area is 162 Å². The van der Waals surface area contributed by atoms with Crippen molar-refractivity contribution < 1.29 is 18.0 Å². The Balaban J connectivity index is 1.79. The number of halogens is 4. The molecule has 3 aromatic rings. The molecule has 0 spiro atoms. The number of aromatic nitrogens is 2. The van der Waals surface area contributed by atoms with E-state index >= 15 is 0 Å². The van der Waals surface area contributed by atoms with Crippen LogP contribution in [0.25, 0.3) is 11.0 Å². The third kappa shape index (κ3) is 4.22. The molecule has 0 aliphatic rings. The van der Waals surface area contributed by atoms with Gasteiger partial charge in [0.1, 0.15) is 0 Å². The average molecular weight is 414 g/mol. The van der Waals surface area contributed by atoms with Crippen molar-refractivity contribution in [2.45, 2.75) is 23.5 Å². The molecular weight excluding hydrogens is 399 g/mol. The molecule has 9 heteroatoms. The van der Waals surface area contributed by atoms with Crippen molar-refractivity contribution in [1.82, 2.24) is 9.55 Å². The predicted molar refractivity (Wildman–Crippen MR) is 101 cm³/mol. The molecule has 0 aliphatic carbocycles. The smallest absolute Gasteiger partial charge is 0.325 e. The summed E-state index contributed by atoms with van der Waals surface area (Å²) in [5.41, 5.74) is 0.384. The lowest BCUT2D eigenvalue weighted by atomic mass is 10.1. The number of para-hydroxylation sites is 2. The molecular formula is C18H15ClF3N3OS. The van der Waals surface area contributed by atoms with Crippen LogP contribution in [0.4, 0.5) is 18.9 Å². The molecule has 1 aromatic heterocycles. The molecule has 0 radical (unpaired) electrons. The van der Waals surface area contributed by atoms with Crippen molar-refractivity contribution in [2.75, 3.05) is 5.32 Å². The van der Waals surface area contributed by atoms with E-state index in [2.05, 4.69) is 10.3 Å². The maximum atomic E-state index is 13.2. The third-order valence-electron chi connectivity index (χ3n) is 3.94. The summed E-state index contributed by atoms with van der Waals surface area (Å²) in [6.45, 7) is 1.61. The molecule has 27 heavy (non-hydrogen) atoms. The van der Waals surface area contributed by atoms with E-state index in [4.69, 9.17) is 11.6 Å². The van der Waals surface area contributed by atoms with Gasteiger partial charge >= 0.3 is 6.18 Å². The lowest BCUT2D eigenvalue weighted by molar-refractivity contribution is -0.137. The molecule has 0 fully saturated rings. The van der Waals surface area contributed by atoms with Crippen LogP contribution in [0.3, 0.4) is 0 Å². The van der Waals surface area contributed by atoms with Crippen LogP contribution in [-0.4, -0.2) is 20.7 Å². The van der Waals surface area contributed by atoms with Crippen LogP contribution < -0.4 is 5.32 Å². The number of thioether (sulfide) groups is 1. The summed E-state index contributed by atoms with van der Waals surface area (Å²) in [5, 5.41) is 2.24. The first-order chi connectivity index (χ1) is 12.7. The fourth-order valence-corrected chi connectivity index (χ4v) is 3.60. The molecule has 1 N–H and O–H groups in total. The van der Waals surface area contributed by atoms with Gasteiger partial charge in [0, 0.05) is 12.1 Å². The van der Waals surface area contributed by atoms with E-state index in [0.29, 0.717) is 5.16 Å². The molecule has 3 rings (SSSR count). The van der Waals surface area contributed by atoms with E-state index in [0.717, 1.165) is 23.2 Å². The molecule has 0 aliphatic heterocycles. The van der Waals surface area contributed by atoms with Gasteiger partial charge in [0.05, 0.1) is 27.5 Å². The van der Waals surface area contributed by atoms with Crippen molar-refractivity contribution in [2.24, 2.45) is 7.05 Å². The number of rotatable bonds is 4. The van der Waals surface area contributed by atoms with Gasteiger partial charge in [0.2, 0.25) is 5.91 Å². The number of imidazole rings is 1. The maximum absolute atomic E-state index is 13.2. The molecule has 4 nitrogen and oxygen atoms in total. The van der Waals surface area contributed by atoms with E-state index < -0.39 is 22.9 Å². The van der Waals surface area contributed by atoms with Crippen molar-refractivity contribution in [3.63, 3.8) is 0 Å². The summed E-state index contributed by atoms with van der Waals surface area (Å²) in [5.74, 6) is -0.556. The minimum Gasteiger partial charge on any atom is -0.325 e. The van der Waals surface area contributed by atoms with Crippen molar-refractivity contribution in [3.8, 4) is 0 Å². The first-order valence-electron chi connectivity index (χ1n) is 7.92. The lowest BCUT2D eigenvalue weighted by Gasteiger charge is -2.16. The summed E-state index contributed by atoms with van der Waals surface area (Å²) >= 11 is 6.83. The topological polar surface area (TPSA) is 46.9 Å². The number of fused-ring (bicyclic) bond motifs is 1. The highest BCUT2D eigenvalue weighted by Gasteiger charge is 2.34. The number of carbonyl (C=O) groups is 1. The summed E-state index contributed by atoms with van der Waals surface area (Å²) < 4.78 is 41.3. The highest BCUT2D eigenvalue weighted by molar-refractivity contribution is 8.00. The first kappa shape index (κ1) is 19.6. The molecule has 1 unspecified atom stereocenters. The van der Waals surface area contributed by atoms with Crippen LogP contribution in [0.15, 0.2) is 47.6 Å². The van der Waals surface area contributed by atoms with Gasteiger partial charge in [0.15, 0.2) is 5.16 Å². The van der Waals surface area contributed by atoms with E-state index in [1.807, 2.05) is 35.9 Å². The zero-order chi connectivity index (χ0) is 19.8. The van der Waals surface area contributed by atoms with Crippen LogP contribution in [0, 0.1) is 0 Å². The molecule has 142 valence electrons. The number of nitrogens with one attached hydrogen (secondary N) is 1. The standard InChI is InChI=1S/C18H15ClF3N3OS/c1-10(27-17-24-14-5-3-4-6-15(14)25(17)2)16(26)23-13-8-7-11(19)9-12(13)18(20,21)22/h3-10H,1-2H3,(H,23,26). The normalized spacial score (nSPS) is 13.0. The summed E-state index contributed by atoms with van der Waals surface area (Å²) in [6.07, 6.45) is -4.62. The van der Waals surface area contributed by atoms with Crippen LogP contribution in [0.1, 0.15) is 12.5 Å². The fourth-order valence-electron chi connectivity index (χ4n) is 2.53. The number of carbonyl (C=O) groups excluding carboxylic acids is 1. The van der Waals surface area contributed by atoms with Crippen LogP contribution in [0.2, 0.25) is 5.02 Å². The number of nitrogens with zero attached hydrogens (tertiary/aromatic N) is 2. The Morgan fingerprint density at radius 2 is 1.96 bits per heavy atom. The number of benzene rings is 2. The van der Waals surface area contributed by atoms with Gasteiger partial charge in [-0.25, -0.2) is 4.98 Å². The van der Waals surface area contributed by atoms with Gasteiger partial charge in [-0.05, 0) is 37.3 Å². The second-order valence-electron chi connectivity index (χ2n) is 5.88. The van der Waals surface area contributed by atoms with E-state index in [-0.39, 0.29) is 10.7 Å². The number of alkyl halides is 3. The first-order valence-corrected chi connectivity index (χ1v) is 9.18. The number of hydrogen-bond donors (Lipinski definition) is 1. The van der Waals surface area contributed by atoms with E-state index in [1.165, 1.54) is 17.8 Å². The summed E-state index contributed by atoms with van der Waals surface area (Å²) in [6, 6.07) is 10.7. The predicted octanol–water partition coefficient (Wildman–Crippen LogP) is 5.36. The van der Waals surface area contributed by atoms with Crippen LogP contribution in [-0.2, 0) is 18.0 Å². The molecule has 1 atom stereocenters. The van der Waals surface area contributed by atoms with Gasteiger partial charge in [0.25, 0.3) is 0 Å². The van der Waals surface area contributed by atoms with Gasteiger partial charge in [-0.1, -0.05) is 35.5 Å². The lowest BCUT2D eigenvalue weighted by Crippen LogP contribution is -2.24. The minimum absolute atomic E-state index is 0.0533. The largest absolute Gasteiger partial charge is 0.418 e. The second-order valence-corrected chi connectivity index (χ2v) is 7.62. The number of aryl methyl sites for hydroxylation is 1. The van der Waals surface area contributed by atoms with Gasteiger partial charge in [-0.2, -0.15) is 13.2 Å². The van der Waals surface area contributed by atoms with E-state index in [9.17, 15) is 18.0 Å². The fraction of sp³-hybridized carbons (Fsp3) is 0.222. The monoisotopic (exact) mass is 413 g/mol. The number of anilines is 1. The zero-order valence-electron chi connectivity index (χ0n) is 14.3. The summed E-state index contributed by atoms with van der Waals surface area (Å²) in [4.78, 5) is 16.9. The maximum Gasteiger partial charge on any atom is 0.418 e. The molecule has 1 heterocycles. The quantitative estimate of drug-likeness (QED) is 0.585.